The molecule has 1 aliphatic heterocycles. The van der Waals surface area contributed by atoms with Gasteiger partial charge in [-0.05, 0) is 18.4 Å². The number of hydrogen-bond acceptors (Lipinski definition) is 6. The van der Waals surface area contributed by atoms with Gasteiger partial charge < -0.3 is 16.0 Å². The van der Waals surface area contributed by atoms with Gasteiger partial charge in [0, 0.05) is 31.1 Å². The zero-order valence-corrected chi connectivity index (χ0v) is 14.3. The molecule has 3 N–H and O–H groups in total. The Hall–Kier alpha value is -1.40. The first-order valence-electron chi connectivity index (χ1n) is 8.28. The van der Waals surface area contributed by atoms with Crippen LogP contribution in [0.15, 0.2) is 0 Å². The third-order valence-electron chi connectivity index (χ3n) is 4.13. The molecule has 0 bridgehead atoms. The van der Waals surface area contributed by atoms with E-state index in [0.717, 1.165) is 68.0 Å². The molecule has 0 aromatic carbocycles. The molecule has 0 amide bonds. The second-order valence-corrected chi connectivity index (χ2v) is 6.91. The summed E-state index contributed by atoms with van der Waals surface area (Å²) in [6, 6.07) is 0. The van der Waals surface area contributed by atoms with E-state index in [9.17, 15) is 0 Å². The van der Waals surface area contributed by atoms with Crippen LogP contribution in [0, 0.1) is 0 Å². The van der Waals surface area contributed by atoms with Gasteiger partial charge in [0.2, 0.25) is 5.95 Å². The molecule has 6 heteroatoms. The van der Waals surface area contributed by atoms with Gasteiger partial charge in [0.25, 0.3) is 0 Å². The first kappa shape index (κ1) is 15.5. The molecule has 3 rings (SSSR count). The highest BCUT2D eigenvalue weighted by molar-refractivity contribution is 7.19. The van der Waals surface area contributed by atoms with Crippen LogP contribution < -0.4 is 16.0 Å². The highest BCUT2D eigenvalue weighted by atomic mass is 32.1. The van der Waals surface area contributed by atoms with Crippen LogP contribution >= 0.6 is 11.3 Å². The van der Waals surface area contributed by atoms with E-state index in [1.54, 1.807) is 0 Å². The molecule has 1 fully saturated rings. The highest BCUT2D eigenvalue weighted by Gasteiger charge is 2.20. The van der Waals surface area contributed by atoms with Gasteiger partial charge in [0.05, 0.1) is 5.39 Å². The van der Waals surface area contributed by atoms with Crippen molar-refractivity contribution in [3.63, 3.8) is 0 Å². The minimum Gasteiger partial charge on any atom is -0.383 e. The molecule has 1 saturated heterocycles. The highest BCUT2D eigenvalue weighted by Crippen LogP contribution is 2.36. The number of nitrogens with zero attached hydrogens (tertiary/aromatic N) is 3. The van der Waals surface area contributed by atoms with Gasteiger partial charge in [-0.1, -0.05) is 26.7 Å². The van der Waals surface area contributed by atoms with Crippen LogP contribution in [0.3, 0.4) is 0 Å². The van der Waals surface area contributed by atoms with Crippen LogP contribution in [0.25, 0.3) is 10.2 Å². The lowest BCUT2D eigenvalue weighted by Crippen LogP contribution is -2.44. The molecule has 120 valence electrons. The van der Waals surface area contributed by atoms with Crippen molar-refractivity contribution in [1.82, 2.24) is 15.3 Å². The Bertz CT molecular complexity index is 646. The second kappa shape index (κ2) is 6.79. The third-order valence-corrected chi connectivity index (χ3v) is 5.31. The molecule has 0 unspecified atom stereocenters. The molecule has 5 nitrogen and oxygen atoms in total. The normalized spacial score (nSPS) is 15.6. The van der Waals surface area contributed by atoms with Gasteiger partial charge in [-0.15, -0.1) is 11.3 Å². The van der Waals surface area contributed by atoms with E-state index in [1.165, 1.54) is 10.4 Å². The van der Waals surface area contributed by atoms with Crippen molar-refractivity contribution >= 4 is 33.3 Å². The van der Waals surface area contributed by atoms with Crippen molar-refractivity contribution in [3.05, 3.63) is 10.4 Å². The van der Waals surface area contributed by atoms with Gasteiger partial charge in [-0.2, -0.15) is 4.98 Å². The number of rotatable bonds is 5. The molecule has 0 aliphatic carbocycles. The lowest BCUT2D eigenvalue weighted by atomic mass is 10.1. The van der Waals surface area contributed by atoms with Gasteiger partial charge in [0.1, 0.15) is 10.6 Å². The van der Waals surface area contributed by atoms with Crippen LogP contribution in [0.4, 0.5) is 11.8 Å². The summed E-state index contributed by atoms with van der Waals surface area (Å²) >= 11 is 1.81. The standard InChI is InChI=1S/C16H25N5S/c1-3-5-11-12(6-4-2)22-15-13(11)14(17)19-16(20-15)21-9-7-18-8-10-21/h18H,3-10H2,1-2H3,(H2,17,19,20). The van der Waals surface area contributed by atoms with E-state index in [1.807, 2.05) is 11.3 Å². The third kappa shape index (κ3) is 2.90. The average Bonchev–Trinajstić information content (AvgIpc) is 2.87. The minimum absolute atomic E-state index is 0.653. The maximum absolute atomic E-state index is 6.32. The zero-order valence-electron chi connectivity index (χ0n) is 13.5. The summed E-state index contributed by atoms with van der Waals surface area (Å²) in [6.45, 7) is 8.29. The molecular weight excluding hydrogens is 294 g/mol. The Kier molecular flexibility index (Phi) is 4.78. The smallest absolute Gasteiger partial charge is 0.228 e. The second-order valence-electron chi connectivity index (χ2n) is 5.83. The fourth-order valence-corrected chi connectivity index (χ4v) is 4.39. The summed E-state index contributed by atoms with van der Waals surface area (Å²) in [5.74, 6) is 1.44. The van der Waals surface area contributed by atoms with E-state index in [4.69, 9.17) is 10.7 Å². The first-order chi connectivity index (χ1) is 10.7. The van der Waals surface area contributed by atoms with Crippen LogP contribution in [0.5, 0.6) is 0 Å². The topological polar surface area (TPSA) is 67.1 Å². The molecule has 2 aromatic heterocycles. The maximum atomic E-state index is 6.32. The van der Waals surface area contributed by atoms with Crippen molar-refractivity contribution < 1.29 is 0 Å². The molecule has 0 atom stereocenters. The fraction of sp³-hybridized carbons (Fsp3) is 0.625. The summed E-state index contributed by atoms with van der Waals surface area (Å²) in [5.41, 5.74) is 7.70. The predicted octanol–water partition coefficient (Wildman–Crippen LogP) is 2.59. The lowest BCUT2D eigenvalue weighted by Gasteiger charge is -2.27. The summed E-state index contributed by atoms with van der Waals surface area (Å²) < 4.78 is 0. The molecule has 0 saturated carbocycles. The van der Waals surface area contributed by atoms with Crippen molar-refractivity contribution in [3.8, 4) is 0 Å². The summed E-state index contributed by atoms with van der Waals surface area (Å²) in [5, 5.41) is 4.46. The van der Waals surface area contributed by atoms with Gasteiger partial charge >= 0.3 is 0 Å². The first-order valence-corrected chi connectivity index (χ1v) is 9.09. The number of hydrogen-bond donors (Lipinski definition) is 2. The fourth-order valence-electron chi connectivity index (χ4n) is 3.07. The average molecular weight is 319 g/mol. The number of fused-ring (bicyclic) bond motifs is 1. The number of anilines is 2. The number of piperazine rings is 1. The molecular formula is C16H25N5S. The van der Waals surface area contributed by atoms with E-state index >= 15 is 0 Å². The van der Waals surface area contributed by atoms with Crippen molar-refractivity contribution in [2.45, 2.75) is 39.5 Å². The van der Waals surface area contributed by atoms with Crippen LogP contribution in [-0.2, 0) is 12.8 Å². The Morgan fingerprint density at radius 1 is 1.14 bits per heavy atom. The number of nitrogens with one attached hydrogen (secondary N) is 1. The molecule has 0 radical (unpaired) electrons. The number of aryl methyl sites for hydroxylation is 2. The lowest BCUT2D eigenvalue weighted by molar-refractivity contribution is 0.581. The van der Waals surface area contributed by atoms with Crippen LogP contribution in [-0.4, -0.2) is 36.1 Å². The van der Waals surface area contributed by atoms with Crippen molar-refractivity contribution in [2.75, 3.05) is 36.8 Å². The number of nitrogen functional groups attached to an aromatic ring is 1. The van der Waals surface area contributed by atoms with E-state index in [-0.39, 0.29) is 0 Å². The number of thiophene rings is 1. The number of nitrogens with two attached hydrogens (primary N) is 1. The Morgan fingerprint density at radius 2 is 1.86 bits per heavy atom. The molecule has 22 heavy (non-hydrogen) atoms. The van der Waals surface area contributed by atoms with E-state index in [0.29, 0.717) is 5.82 Å². The van der Waals surface area contributed by atoms with Crippen molar-refractivity contribution in [2.24, 2.45) is 0 Å². The minimum atomic E-state index is 0.653. The van der Waals surface area contributed by atoms with E-state index < -0.39 is 0 Å². The summed E-state index contributed by atoms with van der Waals surface area (Å²) in [7, 11) is 0. The number of aromatic nitrogens is 2. The maximum Gasteiger partial charge on any atom is 0.228 e. The molecule has 3 heterocycles. The Balaban J connectivity index is 2.05. The largest absolute Gasteiger partial charge is 0.383 e. The monoisotopic (exact) mass is 319 g/mol. The van der Waals surface area contributed by atoms with Crippen molar-refractivity contribution in [1.29, 1.82) is 0 Å². The van der Waals surface area contributed by atoms with E-state index in [2.05, 4.69) is 29.0 Å². The van der Waals surface area contributed by atoms with Crippen LogP contribution in [0.1, 0.15) is 37.1 Å². The Morgan fingerprint density at radius 3 is 2.55 bits per heavy atom. The van der Waals surface area contributed by atoms with Crippen LogP contribution in [0.2, 0.25) is 0 Å². The quantitative estimate of drug-likeness (QED) is 0.886. The Labute approximate surface area is 135 Å². The molecule has 1 aliphatic rings. The zero-order chi connectivity index (χ0) is 15.5. The van der Waals surface area contributed by atoms with Gasteiger partial charge in [-0.25, -0.2) is 4.98 Å². The molecule has 0 spiro atoms. The SMILES string of the molecule is CCCc1sc2nc(N3CCNCC3)nc(N)c2c1CCC. The predicted molar refractivity (Wildman–Crippen MR) is 94.9 cm³/mol. The molecule has 2 aromatic rings. The summed E-state index contributed by atoms with van der Waals surface area (Å²) in [6.07, 6.45) is 4.46. The van der Waals surface area contributed by atoms with Gasteiger partial charge in [0.15, 0.2) is 0 Å². The van der Waals surface area contributed by atoms with Gasteiger partial charge in [-0.3, -0.25) is 0 Å². The summed E-state index contributed by atoms with van der Waals surface area (Å²) in [4.78, 5) is 14.2.